The number of benzene rings is 3. The summed E-state index contributed by atoms with van der Waals surface area (Å²) in [5, 5.41) is 4.38. The van der Waals surface area contributed by atoms with Gasteiger partial charge in [0.25, 0.3) is 0 Å². The van der Waals surface area contributed by atoms with Crippen molar-refractivity contribution in [1.29, 1.82) is 0 Å². The largest absolute Gasteiger partial charge is 1.00 e. The highest BCUT2D eigenvalue weighted by molar-refractivity contribution is 7.96. The zero-order valence-corrected chi connectivity index (χ0v) is 23.9. The van der Waals surface area contributed by atoms with Gasteiger partial charge < -0.3 is 21.7 Å². The van der Waals surface area contributed by atoms with E-state index in [4.69, 9.17) is 4.74 Å². The number of carbonyl (C=O) groups is 1. The van der Waals surface area contributed by atoms with Crippen LogP contribution in [0.25, 0.3) is 0 Å². The molecule has 0 spiro atoms. The molecule has 34 heavy (non-hydrogen) atoms. The highest BCUT2D eigenvalue weighted by Gasteiger charge is 2.47. The maximum Gasteiger partial charge on any atom is 0.311 e. The van der Waals surface area contributed by atoms with Crippen LogP contribution in [0.15, 0.2) is 72.8 Å². The second-order valence-corrected chi connectivity index (χ2v) is 13.5. The van der Waals surface area contributed by atoms with Crippen molar-refractivity contribution in [2.24, 2.45) is 5.41 Å². The Kier molecular flexibility index (Phi) is 10.1. The number of ether oxygens (including phenoxy) is 1. The van der Waals surface area contributed by atoms with E-state index in [1.165, 1.54) is 32.6 Å². The summed E-state index contributed by atoms with van der Waals surface area (Å²) in [5.74, 6) is -0.125. The van der Waals surface area contributed by atoms with Crippen LogP contribution < -0.4 is 32.9 Å². The molecule has 0 atom stereocenters. The third-order valence-electron chi connectivity index (χ3n) is 6.31. The fourth-order valence-corrected chi connectivity index (χ4v) is 9.81. The van der Waals surface area contributed by atoms with Crippen LogP contribution in [-0.4, -0.2) is 18.7 Å². The molecule has 0 aliphatic carbocycles. The van der Waals surface area contributed by atoms with Crippen LogP contribution in [0.1, 0.15) is 50.3 Å². The molecule has 0 heterocycles. The number of esters is 1. The first kappa shape index (κ1) is 28.3. The van der Waals surface area contributed by atoms with E-state index in [0.29, 0.717) is 6.61 Å². The van der Waals surface area contributed by atoms with Gasteiger partial charge in [0.05, 0.1) is 18.2 Å². The number of hydrogen-bond donors (Lipinski definition) is 0. The first-order valence-corrected chi connectivity index (χ1v) is 13.9. The molecule has 0 aromatic heterocycles. The zero-order valence-electron chi connectivity index (χ0n) is 21.4. The Hall–Kier alpha value is -1.96. The van der Waals surface area contributed by atoms with Crippen molar-refractivity contribution in [1.82, 2.24) is 0 Å². The summed E-state index contributed by atoms with van der Waals surface area (Å²) in [6.07, 6.45) is 2.93. The summed E-state index contributed by atoms with van der Waals surface area (Å²) in [5.41, 5.74) is 3.57. The van der Waals surface area contributed by atoms with Crippen LogP contribution in [0.4, 0.5) is 0 Å². The van der Waals surface area contributed by atoms with E-state index in [0.717, 1.165) is 19.0 Å². The molecule has 0 aliphatic heterocycles. The van der Waals surface area contributed by atoms with Gasteiger partial charge in [0.1, 0.15) is 23.2 Å². The summed E-state index contributed by atoms with van der Waals surface area (Å²) in [6, 6.07) is 26.7. The van der Waals surface area contributed by atoms with Crippen LogP contribution in [0, 0.1) is 26.2 Å². The molecule has 2 nitrogen and oxygen atoms in total. The fourth-order valence-electron chi connectivity index (χ4n) is 4.56. The van der Waals surface area contributed by atoms with Crippen LogP contribution in [0.3, 0.4) is 0 Å². The number of halogens is 1. The topological polar surface area (TPSA) is 26.3 Å². The third kappa shape index (κ3) is 6.18. The fraction of sp³-hybridized carbons (Fsp3) is 0.367. The van der Waals surface area contributed by atoms with E-state index in [1.54, 1.807) is 0 Å². The van der Waals surface area contributed by atoms with Gasteiger partial charge in [-0.3, -0.25) is 4.79 Å². The lowest BCUT2D eigenvalue weighted by Gasteiger charge is -2.31. The van der Waals surface area contributed by atoms with Gasteiger partial charge in [0.2, 0.25) is 0 Å². The summed E-state index contributed by atoms with van der Waals surface area (Å²) >= 11 is 0. The Balaban J connectivity index is 0.00000408. The predicted octanol–water partition coefficient (Wildman–Crippen LogP) is 3.28. The van der Waals surface area contributed by atoms with E-state index in [-0.39, 0.29) is 23.0 Å². The molecular formula is C30H38BrO2P. The Morgan fingerprint density at radius 1 is 0.706 bits per heavy atom. The average Bonchev–Trinajstić information content (AvgIpc) is 2.77. The van der Waals surface area contributed by atoms with Gasteiger partial charge >= 0.3 is 5.97 Å². The smallest absolute Gasteiger partial charge is 0.311 e. The van der Waals surface area contributed by atoms with E-state index in [9.17, 15) is 4.79 Å². The third-order valence-corrected chi connectivity index (χ3v) is 11.3. The summed E-state index contributed by atoms with van der Waals surface area (Å²) in [6.45, 7) is 12.9. The molecule has 0 saturated carbocycles. The lowest BCUT2D eigenvalue weighted by Crippen LogP contribution is -3.00. The molecular weight excluding hydrogens is 503 g/mol. The number of aryl methyl sites for hydroxylation is 3. The Morgan fingerprint density at radius 2 is 1.09 bits per heavy atom. The molecule has 4 heteroatoms. The maximum absolute atomic E-state index is 12.2. The first-order valence-electron chi connectivity index (χ1n) is 11.9. The SMILES string of the molecule is Cc1ccccc1[P+](CCCCOC(=O)C(C)(C)C)(c1ccccc1C)c1ccccc1C.[Br-]. The van der Waals surface area contributed by atoms with Gasteiger partial charge in [-0.15, -0.1) is 0 Å². The molecule has 0 N–H and O–H groups in total. The van der Waals surface area contributed by atoms with Gasteiger partial charge in [0, 0.05) is 0 Å². The lowest BCUT2D eigenvalue weighted by molar-refractivity contribution is -0.153. The molecule has 0 fully saturated rings. The quantitative estimate of drug-likeness (QED) is 0.249. The molecule has 0 bridgehead atoms. The van der Waals surface area contributed by atoms with Crippen molar-refractivity contribution >= 4 is 29.1 Å². The van der Waals surface area contributed by atoms with Crippen molar-refractivity contribution in [2.45, 2.75) is 54.4 Å². The molecule has 3 aromatic rings. The van der Waals surface area contributed by atoms with E-state index < -0.39 is 12.7 Å². The molecule has 182 valence electrons. The van der Waals surface area contributed by atoms with Crippen molar-refractivity contribution in [2.75, 3.05) is 12.8 Å². The van der Waals surface area contributed by atoms with Gasteiger partial charge in [-0.05, 0) is 89.3 Å². The monoisotopic (exact) mass is 540 g/mol. The average molecular weight is 542 g/mol. The Labute approximate surface area is 217 Å². The summed E-state index contributed by atoms with van der Waals surface area (Å²) in [4.78, 5) is 12.2. The molecule has 0 radical (unpaired) electrons. The summed E-state index contributed by atoms with van der Waals surface area (Å²) in [7, 11) is -1.90. The van der Waals surface area contributed by atoms with Crippen LogP contribution in [-0.2, 0) is 9.53 Å². The number of carbonyl (C=O) groups excluding carboxylic acids is 1. The zero-order chi connectivity index (χ0) is 24.1. The van der Waals surface area contributed by atoms with Crippen LogP contribution >= 0.6 is 7.26 Å². The van der Waals surface area contributed by atoms with E-state index >= 15 is 0 Å². The molecule has 3 aromatic carbocycles. The maximum atomic E-state index is 12.2. The second kappa shape index (κ2) is 12.1. The molecule has 0 unspecified atom stereocenters. The normalized spacial score (nSPS) is 11.6. The highest BCUT2D eigenvalue weighted by Crippen LogP contribution is 2.57. The van der Waals surface area contributed by atoms with Crippen molar-refractivity contribution in [3.05, 3.63) is 89.5 Å². The van der Waals surface area contributed by atoms with Gasteiger partial charge in [-0.2, -0.15) is 0 Å². The molecule has 0 amide bonds. The first-order chi connectivity index (χ1) is 15.7. The minimum absolute atomic E-state index is 0. The standard InChI is InChI=1S/C30H38O2P.BrH/c1-23-15-7-10-18-26(23)33(27-19-11-8-16-24(27)2,28-20-12-9-17-25(28)3)22-14-13-21-32-29(31)30(4,5)6;/h7-12,15-20H,13-14,21-22H2,1-6H3;1H/q+1;/p-1. The van der Waals surface area contributed by atoms with E-state index in [2.05, 4.69) is 93.6 Å². The van der Waals surface area contributed by atoms with Crippen LogP contribution in [0.5, 0.6) is 0 Å². The lowest BCUT2D eigenvalue weighted by atomic mass is 9.97. The Morgan fingerprint density at radius 3 is 1.44 bits per heavy atom. The van der Waals surface area contributed by atoms with Gasteiger partial charge in [-0.1, -0.05) is 54.6 Å². The van der Waals surface area contributed by atoms with Crippen molar-refractivity contribution < 1.29 is 26.5 Å². The number of unbranched alkanes of at least 4 members (excludes halogenated alkanes) is 1. The second-order valence-electron chi connectivity index (χ2n) is 9.99. The number of rotatable bonds is 8. The molecule has 0 aliphatic rings. The summed E-state index contributed by atoms with van der Waals surface area (Å²) < 4.78 is 5.58. The van der Waals surface area contributed by atoms with E-state index in [1.807, 2.05) is 20.8 Å². The van der Waals surface area contributed by atoms with Gasteiger partial charge in [-0.25, -0.2) is 0 Å². The Bertz CT molecular complexity index is 990. The molecule has 0 saturated heterocycles. The predicted molar refractivity (Wildman–Crippen MR) is 144 cm³/mol. The van der Waals surface area contributed by atoms with Crippen LogP contribution in [0.2, 0.25) is 0 Å². The van der Waals surface area contributed by atoms with Crippen molar-refractivity contribution in [3.63, 3.8) is 0 Å². The minimum atomic E-state index is -1.90. The number of hydrogen-bond acceptors (Lipinski definition) is 2. The highest BCUT2D eigenvalue weighted by atomic mass is 79.9. The molecule has 3 rings (SSSR count). The van der Waals surface area contributed by atoms with Crippen molar-refractivity contribution in [3.8, 4) is 0 Å². The minimum Gasteiger partial charge on any atom is -1.00 e. The van der Waals surface area contributed by atoms with Gasteiger partial charge in [0.15, 0.2) is 0 Å².